The van der Waals surface area contributed by atoms with Gasteiger partial charge >= 0.3 is 0 Å². The minimum Gasteiger partial charge on any atom is -0.390 e. The summed E-state index contributed by atoms with van der Waals surface area (Å²) in [5.41, 5.74) is 8.14. The molecule has 1 atom stereocenters. The number of piperidine rings is 1. The summed E-state index contributed by atoms with van der Waals surface area (Å²) >= 11 is 0. The van der Waals surface area contributed by atoms with Gasteiger partial charge in [0.1, 0.15) is 0 Å². The van der Waals surface area contributed by atoms with E-state index in [2.05, 4.69) is 36.1 Å². The highest BCUT2D eigenvalue weighted by Crippen LogP contribution is 2.31. The zero-order chi connectivity index (χ0) is 13.2. The van der Waals surface area contributed by atoms with Crippen molar-refractivity contribution in [1.82, 2.24) is 0 Å². The Bertz CT molecular complexity index is 393. The lowest BCUT2D eigenvalue weighted by molar-refractivity contribution is 0.0351. The van der Waals surface area contributed by atoms with E-state index >= 15 is 0 Å². The van der Waals surface area contributed by atoms with Crippen LogP contribution in [-0.2, 0) is 0 Å². The summed E-state index contributed by atoms with van der Waals surface area (Å²) in [5.74, 6) is 0. The van der Waals surface area contributed by atoms with Crippen molar-refractivity contribution in [2.24, 2.45) is 5.73 Å². The molecule has 1 fully saturated rings. The molecule has 1 heterocycles. The van der Waals surface area contributed by atoms with Crippen molar-refractivity contribution in [3.8, 4) is 0 Å². The Morgan fingerprint density at radius 1 is 1.33 bits per heavy atom. The molecule has 0 aliphatic carbocycles. The molecule has 3 nitrogen and oxygen atoms in total. The lowest BCUT2D eigenvalue weighted by Gasteiger charge is -2.38. The van der Waals surface area contributed by atoms with Crippen LogP contribution in [0.4, 0.5) is 5.69 Å². The van der Waals surface area contributed by atoms with E-state index in [1.807, 2.05) is 6.92 Å². The Hall–Kier alpha value is -1.06. The average molecular weight is 248 g/mol. The van der Waals surface area contributed by atoms with Gasteiger partial charge in [-0.25, -0.2) is 0 Å². The molecule has 0 unspecified atom stereocenters. The SMILES string of the molecule is CC[C@@H](N)c1ccccc1N1CCC(C)(O)CC1. The fourth-order valence-electron chi connectivity index (χ4n) is 2.54. The molecule has 0 amide bonds. The summed E-state index contributed by atoms with van der Waals surface area (Å²) in [6, 6.07) is 8.48. The highest BCUT2D eigenvalue weighted by atomic mass is 16.3. The first kappa shape index (κ1) is 13.4. The van der Waals surface area contributed by atoms with Crippen LogP contribution in [0, 0.1) is 0 Å². The third-order valence-corrected chi connectivity index (χ3v) is 3.96. The Balaban J connectivity index is 2.19. The summed E-state index contributed by atoms with van der Waals surface area (Å²) < 4.78 is 0. The second-order valence-corrected chi connectivity index (χ2v) is 5.56. The number of aliphatic hydroxyl groups is 1. The topological polar surface area (TPSA) is 49.5 Å². The van der Waals surface area contributed by atoms with Crippen LogP contribution in [-0.4, -0.2) is 23.8 Å². The van der Waals surface area contributed by atoms with E-state index in [1.165, 1.54) is 11.3 Å². The van der Waals surface area contributed by atoms with Crippen LogP contribution >= 0.6 is 0 Å². The van der Waals surface area contributed by atoms with Gasteiger partial charge < -0.3 is 15.7 Å². The van der Waals surface area contributed by atoms with Crippen LogP contribution in [0.3, 0.4) is 0 Å². The van der Waals surface area contributed by atoms with Gasteiger partial charge in [0.25, 0.3) is 0 Å². The zero-order valence-corrected chi connectivity index (χ0v) is 11.4. The first-order valence-corrected chi connectivity index (χ1v) is 6.85. The molecule has 0 aromatic heterocycles. The largest absolute Gasteiger partial charge is 0.390 e. The second kappa shape index (κ2) is 5.29. The van der Waals surface area contributed by atoms with Gasteiger partial charge in [-0.3, -0.25) is 0 Å². The van der Waals surface area contributed by atoms with E-state index in [0.29, 0.717) is 0 Å². The standard InChI is InChI=1S/C15H24N2O/c1-3-13(16)12-6-4-5-7-14(12)17-10-8-15(2,18)9-11-17/h4-7,13,18H,3,8-11,16H2,1-2H3/t13-/m1/s1. The maximum Gasteiger partial charge on any atom is 0.0653 e. The maximum atomic E-state index is 10.0. The van der Waals surface area contributed by atoms with E-state index in [0.717, 1.165) is 32.4 Å². The molecule has 18 heavy (non-hydrogen) atoms. The summed E-state index contributed by atoms with van der Waals surface area (Å²) in [5, 5.41) is 10.0. The van der Waals surface area contributed by atoms with Gasteiger partial charge in [-0.2, -0.15) is 0 Å². The van der Waals surface area contributed by atoms with E-state index < -0.39 is 5.60 Å². The van der Waals surface area contributed by atoms with Crippen molar-refractivity contribution in [3.63, 3.8) is 0 Å². The number of para-hydroxylation sites is 1. The van der Waals surface area contributed by atoms with E-state index in [9.17, 15) is 5.11 Å². The summed E-state index contributed by atoms with van der Waals surface area (Å²) in [6.07, 6.45) is 2.59. The molecular formula is C15H24N2O. The predicted octanol–water partition coefficient (Wildman–Crippen LogP) is 2.45. The van der Waals surface area contributed by atoms with E-state index in [1.54, 1.807) is 0 Å². The van der Waals surface area contributed by atoms with Crippen molar-refractivity contribution in [2.75, 3.05) is 18.0 Å². The van der Waals surface area contributed by atoms with Crippen LogP contribution in [0.25, 0.3) is 0 Å². The Morgan fingerprint density at radius 3 is 2.56 bits per heavy atom. The monoisotopic (exact) mass is 248 g/mol. The average Bonchev–Trinajstić information content (AvgIpc) is 2.38. The first-order chi connectivity index (χ1) is 8.53. The smallest absolute Gasteiger partial charge is 0.0653 e. The predicted molar refractivity (Wildman–Crippen MR) is 75.7 cm³/mol. The van der Waals surface area contributed by atoms with Gasteiger partial charge in [-0.15, -0.1) is 0 Å². The summed E-state index contributed by atoms with van der Waals surface area (Å²) in [4.78, 5) is 2.35. The zero-order valence-electron chi connectivity index (χ0n) is 11.4. The van der Waals surface area contributed by atoms with E-state index in [-0.39, 0.29) is 6.04 Å². The highest BCUT2D eigenvalue weighted by molar-refractivity contribution is 5.55. The Morgan fingerprint density at radius 2 is 1.94 bits per heavy atom. The molecule has 1 saturated heterocycles. The van der Waals surface area contributed by atoms with Crippen molar-refractivity contribution < 1.29 is 5.11 Å². The molecule has 1 aliphatic rings. The lowest BCUT2D eigenvalue weighted by Crippen LogP contribution is -2.43. The van der Waals surface area contributed by atoms with Crippen molar-refractivity contribution in [1.29, 1.82) is 0 Å². The highest BCUT2D eigenvalue weighted by Gasteiger charge is 2.28. The van der Waals surface area contributed by atoms with Gasteiger partial charge in [0.2, 0.25) is 0 Å². The molecular weight excluding hydrogens is 224 g/mol. The van der Waals surface area contributed by atoms with E-state index in [4.69, 9.17) is 5.73 Å². The van der Waals surface area contributed by atoms with Gasteiger partial charge in [-0.1, -0.05) is 25.1 Å². The fourth-order valence-corrected chi connectivity index (χ4v) is 2.54. The van der Waals surface area contributed by atoms with Crippen molar-refractivity contribution in [2.45, 2.75) is 44.8 Å². The molecule has 1 aromatic rings. The molecule has 3 heteroatoms. The lowest BCUT2D eigenvalue weighted by atomic mass is 9.92. The van der Waals surface area contributed by atoms with Crippen LogP contribution in [0.5, 0.6) is 0 Å². The number of nitrogens with zero attached hydrogens (tertiary/aromatic N) is 1. The molecule has 2 rings (SSSR count). The van der Waals surface area contributed by atoms with Crippen molar-refractivity contribution in [3.05, 3.63) is 29.8 Å². The van der Waals surface area contributed by atoms with Crippen LogP contribution in [0.15, 0.2) is 24.3 Å². The van der Waals surface area contributed by atoms with Crippen LogP contribution in [0.1, 0.15) is 44.7 Å². The summed E-state index contributed by atoms with van der Waals surface area (Å²) in [7, 11) is 0. The maximum absolute atomic E-state index is 10.0. The minimum absolute atomic E-state index is 0.101. The minimum atomic E-state index is -0.502. The molecule has 100 valence electrons. The van der Waals surface area contributed by atoms with Gasteiger partial charge in [0.15, 0.2) is 0 Å². The molecule has 0 saturated carbocycles. The number of rotatable bonds is 3. The normalized spacial score (nSPS) is 20.8. The molecule has 3 N–H and O–H groups in total. The molecule has 0 spiro atoms. The molecule has 1 aromatic carbocycles. The second-order valence-electron chi connectivity index (χ2n) is 5.56. The van der Waals surface area contributed by atoms with Crippen LogP contribution in [0.2, 0.25) is 0 Å². The van der Waals surface area contributed by atoms with Gasteiger partial charge in [0, 0.05) is 24.8 Å². The molecule has 0 bridgehead atoms. The molecule has 0 radical (unpaired) electrons. The van der Waals surface area contributed by atoms with Gasteiger partial charge in [-0.05, 0) is 37.8 Å². The third-order valence-electron chi connectivity index (χ3n) is 3.96. The number of nitrogens with two attached hydrogens (primary N) is 1. The first-order valence-electron chi connectivity index (χ1n) is 6.85. The number of benzene rings is 1. The molecule has 1 aliphatic heterocycles. The van der Waals surface area contributed by atoms with Gasteiger partial charge in [0.05, 0.1) is 5.60 Å². The number of hydrogen-bond donors (Lipinski definition) is 2. The van der Waals surface area contributed by atoms with Crippen LogP contribution < -0.4 is 10.6 Å². The Kier molecular flexibility index (Phi) is 3.93. The number of anilines is 1. The third kappa shape index (κ3) is 2.85. The summed E-state index contributed by atoms with van der Waals surface area (Å²) in [6.45, 7) is 5.84. The number of hydrogen-bond acceptors (Lipinski definition) is 3. The van der Waals surface area contributed by atoms with Crippen molar-refractivity contribution >= 4 is 5.69 Å². The quantitative estimate of drug-likeness (QED) is 0.864. The fraction of sp³-hybridized carbons (Fsp3) is 0.600. The Labute approximate surface area is 110 Å².